The van der Waals surface area contributed by atoms with Crippen molar-refractivity contribution in [3.05, 3.63) is 35.9 Å². The van der Waals surface area contributed by atoms with Gasteiger partial charge in [0.2, 0.25) is 0 Å². The van der Waals surface area contributed by atoms with Crippen LogP contribution in [0.25, 0.3) is 0 Å². The maximum atomic E-state index is 10.6. The minimum atomic E-state index is -1.37. The van der Waals surface area contributed by atoms with Gasteiger partial charge in [-0.3, -0.25) is 0 Å². The van der Waals surface area contributed by atoms with Crippen LogP contribution in [0.1, 0.15) is 32.3 Å². The third-order valence-corrected chi connectivity index (χ3v) is 2.95. The van der Waals surface area contributed by atoms with Crippen molar-refractivity contribution in [2.24, 2.45) is 5.16 Å². The molecule has 0 aliphatic heterocycles. The van der Waals surface area contributed by atoms with E-state index in [4.69, 9.17) is 9.94 Å². The fourth-order valence-corrected chi connectivity index (χ4v) is 1.66. The van der Waals surface area contributed by atoms with E-state index in [-0.39, 0.29) is 12.3 Å². The highest BCUT2D eigenvalue weighted by atomic mass is 16.5. The Morgan fingerprint density at radius 3 is 2.56 bits per heavy atom. The lowest BCUT2D eigenvalue weighted by Crippen LogP contribution is -2.39. The molecule has 18 heavy (non-hydrogen) atoms. The Hall–Kier alpha value is -1.39. The number of aliphatic hydroxyl groups is 1. The van der Waals surface area contributed by atoms with Crippen molar-refractivity contribution in [1.82, 2.24) is 0 Å². The van der Waals surface area contributed by atoms with Crippen LogP contribution < -0.4 is 0 Å². The van der Waals surface area contributed by atoms with Gasteiger partial charge in [0.25, 0.3) is 0 Å². The summed E-state index contributed by atoms with van der Waals surface area (Å²) in [6.07, 6.45) is 1.98. The molecule has 0 saturated carbocycles. The van der Waals surface area contributed by atoms with Crippen LogP contribution in [0.15, 0.2) is 35.5 Å². The topological polar surface area (TPSA) is 62.0 Å². The fourth-order valence-electron chi connectivity index (χ4n) is 1.66. The molecule has 0 aliphatic carbocycles. The Labute approximate surface area is 108 Å². The third kappa shape index (κ3) is 3.55. The predicted octanol–water partition coefficient (Wildman–Crippen LogP) is 2.54. The first-order valence-corrected chi connectivity index (χ1v) is 6.20. The average Bonchev–Trinajstić information content (AvgIpc) is 2.43. The Bertz CT molecular complexity index is 378. The highest BCUT2D eigenvalue weighted by Crippen LogP contribution is 2.23. The van der Waals surface area contributed by atoms with Gasteiger partial charge in [0.05, 0.1) is 12.3 Å². The summed E-state index contributed by atoms with van der Waals surface area (Å²) in [7, 11) is 0. The Morgan fingerprint density at radius 1 is 1.33 bits per heavy atom. The number of oxime groups is 1. The minimum absolute atomic E-state index is 0.0902. The van der Waals surface area contributed by atoms with Gasteiger partial charge in [-0.05, 0) is 18.9 Å². The zero-order valence-corrected chi connectivity index (χ0v) is 11.0. The van der Waals surface area contributed by atoms with E-state index in [0.29, 0.717) is 12.2 Å². The van der Waals surface area contributed by atoms with E-state index in [1.165, 1.54) is 0 Å². The molecule has 1 rings (SSSR count). The van der Waals surface area contributed by atoms with Gasteiger partial charge in [-0.2, -0.15) is 0 Å². The molecular formula is C14H21NO3. The molecule has 1 aromatic rings. The first kappa shape index (κ1) is 14.7. The molecule has 0 spiro atoms. The van der Waals surface area contributed by atoms with Gasteiger partial charge in [0.1, 0.15) is 0 Å². The van der Waals surface area contributed by atoms with Gasteiger partial charge in [0.15, 0.2) is 5.60 Å². The molecule has 0 heterocycles. The van der Waals surface area contributed by atoms with E-state index < -0.39 is 5.60 Å². The average molecular weight is 251 g/mol. The summed E-state index contributed by atoms with van der Waals surface area (Å²) in [6, 6.07) is 9.11. The summed E-state index contributed by atoms with van der Waals surface area (Å²) in [5.41, 5.74) is -0.481. The normalized spacial score (nSPS) is 15.4. The summed E-state index contributed by atoms with van der Waals surface area (Å²) in [5.74, 6) is 0. The molecule has 4 nitrogen and oxygen atoms in total. The zero-order valence-electron chi connectivity index (χ0n) is 11.0. The number of nitrogens with zero attached hydrogens (tertiary/aromatic N) is 1. The number of benzene rings is 1. The van der Waals surface area contributed by atoms with Gasteiger partial charge in [0, 0.05) is 6.61 Å². The lowest BCUT2D eigenvalue weighted by atomic mass is 9.90. The Morgan fingerprint density at radius 2 is 2.00 bits per heavy atom. The van der Waals surface area contributed by atoms with Crippen molar-refractivity contribution in [3.8, 4) is 0 Å². The van der Waals surface area contributed by atoms with Crippen LogP contribution in [-0.4, -0.2) is 29.2 Å². The summed E-state index contributed by atoms with van der Waals surface area (Å²) in [6.45, 7) is 4.33. The second kappa shape index (κ2) is 7.13. The molecule has 1 aromatic carbocycles. The monoisotopic (exact) mass is 251 g/mol. The van der Waals surface area contributed by atoms with Gasteiger partial charge in [-0.25, -0.2) is 0 Å². The number of hydrogen-bond acceptors (Lipinski definition) is 4. The van der Waals surface area contributed by atoms with E-state index in [9.17, 15) is 5.11 Å². The van der Waals surface area contributed by atoms with E-state index in [2.05, 4.69) is 12.1 Å². The van der Waals surface area contributed by atoms with Crippen LogP contribution in [0.4, 0.5) is 0 Å². The minimum Gasteiger partial charge on any atom is -0.411 e. The molecule has 0 aliphatic rings. The first-order chi connectivity index (χ1) is 8.65. The summed E-state index contributed by atoms with van der Waals surface area (Å²) in [4.78, 5) is 0. The molecule has 0 radical (unpaired) electrons. The SMILES string of the molecule is CCCCOCC(O)(C(C)=NO)c1ccccc1. The van der Waals surface area contributed by atoms with Crippen LogP contribution in [0.2, 0.25) is 0 Å². The number of hydrogen-bond donors (Lipinski definition) is 2. The molecule has 100 valence electrons. The molecule has 4 heteroatoms. The molecule has 0 aromatic heterocycles. The van der Waals surface area contributed by atoms with E-state index in [0.717, 1.165) is 12.8 Å². The van der Waals surface area contributed by atoms with Gasteiger partial charge >= 0.3 is 0 Å². The molecule has 0 amide bonds. The van der Waals surface area contributed by atoms with Gasteiger partial charge in [-0.15, -0.1) is 0 Å². The van der Waals surface area contributed by atoms with Crippen LogP contribution in [0.5, 0.6) is 0 Å². The van der Waals surface area contributed by atoms with Gasteiger partial charge < -0.3 is 15.1 Å². The van der Waals surface area contributed by atoms with Crippen molar-refractivity contribution < 1.29 is 15.1 Å². The maximum Gasteiger partial charge on any atom is 0.154 e. The van der Waals surface area contributed by atoms with E-state index in [1.807, 2.05) is 18.2 Å². The maximum absolute atomic E-state index is 10.6. The fraction of sp³-hybridized carbons (Fsp3) is 0.500. The third-order valence-electron chi connectivity index (χ3n) is 2.95. The molecule has 0 saturated heterocycles. The second-order valence-electron chi connectivity index (χ2n) is 4.32. The van der Waals surface area contributed by atoms with E-state index >= 15 is 0 Å². The Balaban J connectivity index is 2.83. The largest absolute Gasteiger partial charge is 0.411 e. The van der Waals surface area contributed by atoms with Crippen molar-refractivity contribution in [2.45, 2.75) is 32.3 Å². The summed E-state index contributed by atoms with van der Waals surface area (Å²) in [5, 5.41) is 22.7. The number of unbranched alkanes of at least 4 members (excludes halogenated alkanes) is 1. The van der Waals surface area contributed by atoms with Crippen molar-refractivity contribution in [3.63, 3.8) is 0 Å². The Kier molecular flexibility index (Phi) is 5.82. The lowest BCUT2D eigenvalue weighted by Gasteiger charge is -2.27. The molecule has 1 unspecified atom stereocenters. The van der Waals surface area contributed by atoms with Crippen LogP contribution in [0, 0.1) is 0 Å². The summed E-state index contributed by atoms with van der Waals surface area (Å²) < 4.78 is 5.47. The molecule has 2 N–H and O–H groups in total. The van der Waals surface area contributed by atoms with Crippen LogP contribution >= 0.6 is 0 Å². The van der Waals surface area contributed by atoms with Crippen LogP contribution in [-0.2, 0) is 10.3 Å². The van der Waals surface area contributed by atoms with Crippen molar-refractivity contribution >= 4 is 5.71 Å². The number of ether oxygens (including phenoxy) is 1. The quantitative estimate of drug-likeness (QED) is 0.339. The zero-order chi connectivity index (χ0) is 13.4. The number of rotatable bonds is 7. The molecular weight excluding hydrogens is 230 g/mol. The molecule has 0 fully saturated rings. The highest BCUT2D eigenvalue weighted by molar-refractivity contribution is 5.91. The van der Waals surface area contributed by atoms with Crippen molar-refractivity contribution in [2.75, 3.05) is 13.2 Å². The van der Waals surface area contributed by atoms with Crippen molar-refractivity contribution in [1.29, 1.82) is 0 Å². The molecule has 0 bridgehead atoms. The summed E-state index contributed by atoms with van der Waals surface area (Å²) >= 11 is 0. The smallest absolute Gasteiger partial charge is 0.154 e. The second-order valence-corrected chi connectivity index (χ2v) is 4.32. The first-order valence-electron chi connectivity index (χ1n) is 6.20. The highest BCUT2D eigenvalue weighted by Gasteiger charge is 2.33. The van der Waals surface area contributed by atoms with Crippen LogP contribution in [0.3, 0.4) is 0 Å². The van der Waals surface area contributed by atoms with Gasteiger partial charge in [-0.1, -0.05) is 48.8 Å². The standard InChI is InChI=1S/C14H21NO3/c1-3-4-10-18-11-14(16,12(2)15-17)13-8-6-5-7-9-13/h5-9,16-17H,3-4,10-11H2,1-2H3. The molecule has 1 atom stereocenters. The predicted molar refractivity (Wildman–Crippen MR) is 71.0 cm³/mol. The van der Waals surface area contributed by atoms with E-state index in [1.54, 1.807) is 19.1 Å². The lowest BCUT2D eigenvalue weighted by molar-refractivity contribution is -0.00593.